The van der Waals surface area contributed by atoms with Crippen LogP contribution in [0.15, 0.2) is 0 Å². The van der Waals surface area contributed by atoms with Crippen molar-refractivity contribution < 1.29 is 29.3 Å². The molecule has 1 saturated heterocycles. The molecule has 0 spiro atoms. The number of hydrogen-bond donors (Lipinski definition) is 3. The molecule has 3 N–H and O–H groups in total. The molecule has 0 aromatic rings. The van der Waals surface area contributed by atoms with E-state index in [1.165, 1.54) is 0 Å². The fourth-order valence-electron chi connectivity index (χ4n) is 1.86. The molecule has 0 bridgehead atoms. The first-order valence-electron chi connectivity index (χ1n) is 6.16. The molecule has 1 heterocycles. The van der Waals surface area contributed by atoms with Crippen LogP contribution in [0.25, 0.3) is 0 Å². The number of amides is 1. The lowest BCUT2D eigenvalue weighted by atomic mass is 9.86. The number of alkyl carbamates (subject to hydrolysis) is 1. The Morgan fingerprint density at radius 2 is 1.84 bits per heavy atom. The third kappa shape index (κ3) is 4.68. The largest absolute Gasteiger partial charge is 0.480 e. The van der Waals surface area contributed by atoms with Crippen LogP contribution in [-0.2, 0) is 14.3 Å². The van der Waals surface area contributed by atoms with Gasteiger partial charge in [0.05, 0.1) is 0 Å². The number of rotatable bonds is 3. The van der Waals surface area contributed by atoms with Gasteiger partial charge in [0, 0.05) is 26.1 Å². The summed E-state index contributed by atoms with van der Waals surface area (Å²) < 4.78 is 10.1. The highest BCUT2D eigenvalue weighted by Crippen LogP contribution is 2.25. The van der Waals surface area contributed by atoms with E-state index < -0.39 is 29.3 Å². The highest BCUT2D eigenvalue weighted by Gasteiger charge is 2.44. The van der Waals surface area contributed by atoms with Crippen LogP contribution in [0.1, 0.15) is 33.6 Å². The number of aliphatic carboxylic acids is 1. The minimum absolute atomic E-state index is 0.153. The van der Waals surface area contributed by atoms with E-state index in [-0.39, 0.29) is 26.1 Å². The Labute approximate surface area is 111 Å². The SMILES string of the molecule is CC(C)(C)OC(=O)NC(C(=O)O)C1(O)CCOCC1. The van der Waals surface area contributed by atoms with E-state index >= 15 is 0 Å². The van der Waals surface area contributed by atoms with Crippen LogP contribution in [-0.4, -0.2) is 52.7 Å². The molecule has 1 rings (SSSR count). The second-order valence-electron chi connectivity index (χ2n) is 5.63. The van der Waals surface area contributed by atoms with Crippen LogP contribution >= 0.6 is 0 Å². The Hall–Kier alpha value is -1.34. The van der Waals surface area contributed by atoms with Gasteiger partial charge in [-0.2, -0.15) is 0 Å². The summed E-state index contributed by atoms with van der Waals surface area (Å²) >= 11 is 0. The van der Waals surface area contributed by atoms with Crippen molar-refractivity contribution >= 4 is 12.1 Å². The van der Waals surface area contributed by atoms with Gasteiger partial charge in [-0.25, -0.2) is 9.59 Å². The first kappa shape index (κ1) is 15.7. The van der Waals surface area contributed by atoms with E-state index in [4.69, 9.17) is 14.6 Å². The van der Waals surface area contributed by atoms with Crippen LogP contribution < -0.4 is 5.32 Å². The van der Waals surface area contributed by atoms with Gasteiger partial charge < -0.3 is 25.0 Å². The van der Waals surface area contributed by atoms with Crippen molar-refractivity contribution in [2.24, 2.45) is 0 Å². The van der Waals surface area contributed by atoms with Crippen LogP contribution in [0, 0.1) is 0 Å². The molecule has 1 atom stereocenters. The average Bonchev–Trinajstić information content (AvgIpc) is 2.24. The number of carbonyl (C=O) groups excluding carboxylic acids is 1. The molecule has 0 saturated carbocycles. The summed E-state index contributed by atoms with van der Waals surface area (Å²) in [5.41, 5.74) is -2.24. The zero-order chi connectivity index (χ0) is 14.7. The molecule has 0 radical (unpaired) electrons. The van der Waals surface area contributed by atoms with E-state index in [0.717, 1.165) is 0 Å². The van der Waals surface area contributed by atoms with Gasteiger partial charge in [0.1, 0.15) is 11.2 Å². The predicted molar refractivity (Wildman–Crippen MR) is 65.8 cm³/mol. The summed E-state index contributed by atoms with van der Waals surface area (Å²) in [7, 11) is 0. The lowest BCUT2D eigenvalue weighted by Crippen LogP contribution is -2.59. The molecule has 1 unspecified atom stereocenters. The Bertz CT molecular complexity index is 343. The van der Waals surface area contributed by atoms with Crippen molar-refractivity contribution in [3.63, 3.8) is 0 Å². The standard InChI is InChI=1S/C12H21NO6/c1-11(2,3)19-10(16)13-8(9(14)15)12(17)4-6-18-7-5-12/h8,17H,4-7H2,1-3H3,(H,13,16)(H,14,15). The fourth-order valence-corrected chi connectivity index (χ4v) is 1.86. The molecule has 7 nitrogen and oxygen atoms in total. The summed E-state index contributed by atoms with van der Waals surface area (Å²) in [4.78, 5) is 22.9. The van der Waals surface area contributed by atoms with E-state index in [0.29, 0.717) is 0 Å². The lowest BCUT2D eigenvalue weighted by molar-refractivity contribution is -0.153. The zero-order valence-electron chi connectivity index (χ0n) is 11.4. The van der Waals surface area contributed by atoms with Crippen molar-refractivity contribution in [1.82, 2.24) is 5.32 Å². The van der Waals surface area contributed by atoms with Gasteiger partial charge in [-0.1, -0.05) is 0 Å². The molecular formula is C12H21NO6. The molecule has 0 aromatic heterocycles. The van der Waals surface area contributed by atoms with Crippen molar-refractivity contribution in [2.45, 2.75) is 50.9 Å². The first-order chi connectivity index (χ1) is 8.64. The van der Waals surface area contributed by atoms with Gasteiger partial charge in [-0.15, -0.1) is 0 Å². The number of aliphatic hydroxyl groups is 1. The van der Waals surface area contributed by atoms with Crippen LogP contribution in [0.4, 0.5) is 4.79 Å². The summed E-state index contributed by atoms with van der Waals surface area (Å²) in [6, 6.07) is -1.41. The average molecular weight is 275 g/mol. The number of ether oxygens (including phenoxy) is 2. The fraction of sp³-hybridized carbons (Fsp3) is 0.833. The van der Waals surface area contributed by atoms with Crippen LogP contribution in [0.3, 0.4) is 0 Å². The topological polar surface area (TPSA) is 105 Å². The third-order valence-electron chi connectivity index (χ3n) is 2.80. The normalized spacial score (nSPS) is 20.4. The van der Waals surface area contributed by atoms with Gasteiger partial charge in [0.2, 0.25) is 0 Å². The highest BCUT2D eigenvalue weighted by molar-refractivity contribution is 5.81. The second-order valence-corrected chi connectivity index (χ2v) is 5.63. The Morgan fingerprint density at radius 3 is 2.26 bits per heavy atom. The molecule has 110 valence electrons. The number of hydrogen-bond acceptors (Lipinski definition) is 5. The molecule has 1 fully saturated rings. The summed E-state index contributed by atoms with van der Waals surface area (Å²) in [5.74, 6) is -1.30. The smallest absolute Gasteiger partial charge is 0.408 e. The van der Waals surface area contributed by atoms with Gasteiger partial charge in [-0.3, -0.25) is 0 Å². The number of carboxylic acids is 1. The third-order valence-corrected chi connectivity index (χ3v) is 2.80. The van der Waals surface area contributed by atoms with E-state index in [1.54, 1.807) is 20.8 Å². The molecule has 0 aromatic carbocycles. The van der Waals surface area contributed by atoms with Gasteiger partial charge in [-0.05, 0) is 20.8 Å². The highest BCUT2D eigenvalue weighted by atomic mass is 16.6. The molecule has 0 aliphatic carbocycles. The Morgan fingerprint density at radius 1 is 1.32 bits per heavy atom. The predicted octanol–water partition coefficient (Wildman–Crippen LogP) is 0.506. The maximum Gasteiger partial charge on any atom is 0.408 e. The maximum atomic E-state index is 11.6. The minimum Gasteiger partial charge on any atom is -0.480 e. The zero-order valence-corrected chi connectivity index (χ0v) is 11.4. The molecule has 1 amide bonds. The van der Waals surface area contributed by atoms with Crippen LogP contribution in [0.5, 0.6) is 0 Å². The summed E-state index contributed by atoms with van der Waals surface area (Å²) in [6.07, 6.45) is -0.556. The number of carbonyl (C=O) groups is 2. The van der Waals surface area contributed by atoms with Crippen LogP contribution in [0.2, 0.25) is 0 Å². The summed E-state index contributed by atoms with van der Waals surface area (Å²) in [6.45, 7) is 5.54. The molecular weight excluding hydrogens is 254 g/mol. The molecule has 7 heteroatoms. The molecule has 1 aliphatic rings. The van der Waals surface area contributed by atoms with E-state index in [9.17, 15) is 14.7 Å². The first-order valence-corrected chi connectivity index (χ1v) is 6.16. The number of nitrogens with one attached hydrogen (secondary N) is 1. The van der Waals surface area contributed by atoms with Crippen molar-refractivity contribution in [3.05, 3.63) is 0 Å². The van der Waals surface area contributed by atoms with Crippen molar-refractivity contribution in [3.8, 4) is 0 Å². The number of carboxylic acid groups (broad SMARTS) is 1. The Balaban J connectivity index is 2.73. The molecule has 1 aliphatic heterocycles. The van der Waals surface area contributed by atoms with E-state index in [1.807, 2.05) is 0 Å². The second kappa shape index (κ2) is 5.75. The van der Waals surface area contributed by atoms with Crippen molar-refractivity contribution in [2.75, 3.05) is 13.2 Å². The van der Waals surface area contributed by atoms with E-state index in [2.05, 4.69) is 5.32 Å². The Kier molecular flexibility index (Phi) is 4.75. The minimum atomic E-state index is -1.51. The summed E-state index contributed by atoms with van der Waals surface area (Å²) in [5, 5.41) is 21.7. The van der Waals surface area contributed by atoms with Crippen molar-refractivity contribution in [1.29, 1.82) is 0 Å². The molecule has 19 heavy (non-hydrogen) atoms. The maximum absolute atomic E-state index is 11.6. The van der Waals surface area contributed by atoms with Gasteiger partial charge >= 0.3 is 12.1 Å². The quantitative estimate of drug-likeness (QED) is 0.693. The van der Waals surface area contributed by atoms with Gasteiger partial charge in [0.15, 0.2) is 6.04 Å². The van der Waals surface area contributed by atoms with Gasteiger partial charge in [0.25, 0.3) is 0 Å². The lowest BCUT2D eigenvalue weighted by Gasteiger charge is -2.37. The monoisotopic (exact) mass is 275 g/mol.